The predicted molar refractivity (Wildman–Crippen MR) is 34.8 cm³/mol. The number of halogens is 3. The van der Waals surface area contributed by atoms with Gasteiger partial charge in [0, 0.05) is 0 Å². The first kappa shape index (κ1) is 7.92. The molecule has 0 amide bonds. The SMILES string of the molecule is F[B-](F)(F)CN1CCCC1. The summed E-state index contributed by atoms with van der Waals surface area (Å²) in [5, 5.41) is 0. The zero-order chi connectivity index (χ0) is 7.61. The topological polar surface area (TPSA) is 3.24 Å². The second-order valence-electron chi connectivity index (χ2n) is 2.72. The van der Waals surface area contributed by atoms with E-state index in [1.165, 1.54) is 4.90 Å². The van der Waals surface area contributed by atoms with Crippen molar-refractivity contribution in [3.8, 4) is 0 Å². The molecule has 0 aliphatic carbocycles. The maximum atomic E-state index is 11.7. The first-order valence-corrected chi connectivity index (χ1v) is 3.51. The Kier molecular flexibility index (Phi) is 2.23. The molecule has 1 fully saturated rings. The number of hydrogen-bond acceptors (Lipinski definition) is 1. The van der Waals surface area contributed by atoms with E-state index in [4.69, 9.17) is 0 Å². The summed E-state index contributed by atoms with van der Waals surface area (Å²) in [5.74, 6) is 0. The molecule has 60 valence electrons. The fourth-order valence-electron chi connectivity index (χ4n) is 1.26. The van der Waals surface area contributed by atoms with Crippen LogP contribution in [0.3, 0.4) is 0 Å². The second-order valence-corrected chi connectivity index (χ2v) is 2.72. The first-order valence-electron chi connectivity index (χ1n) is 3.51. The second kappa shape index (κ2) is 2.82. The maximum Gasteiger partial charge on any atom is 0.492 e. The molecule has 1 aliphatic heterocycles. The van der Waals surface area contributed by atoms with Crippen molar-refractivity contribution in [2.45, 2.75) is 12.8 Å². The van der Waals surface area contributed by atoms with Gasteiger partial charge in [-0.1, -0.05) is 0 Å². The first-order chi connectivity index (χ1) is 4.58. The van der Waals surface area contributed by atoms with Crippen LogP contribution >= 0.6 is 0 Å². The molecule has 0 bridgehead atoms. The quantitative estimate of drug-likeness (QED) is 0.541. The van der Waals surface area contributed by atoms with E-state index in [1.807, 2.05) is 0 Å². The Balaban J connectivity index is 2.24. The number of likely N-dealkylation sites (tertiary alicyclic amines) is 1. The summed E-state index contributed by atoms with van der Waals surface area (Å²) in [4.78, 5) is 1.47. The van der Waals surface area contributed by atoms with E-state index in [2.05, 4.69) is 0 Å². The molecule has 0 aromatic rings. The van der Waals surface area contributed by atoms with Gasteiger partial charge in [-0.25, -0.2) is 0 Å². The summed E-state index contributed by atoms with van der Waals surface area (Å²) in [6, 6.07) is 0. The molecule has 10 heavy (non-hydrogen) atoms. The summed E-state index contributed by atoms with van der Waals surface area (Å²) < 4.78 is 35.2. The molecule has 1 saturated heterocycles. The minimum absolute atomic E-state index is 0.626. The highest BCUT2D eigenvalue weighted by atomic mass is 19.4. The Morgan fingerprint density at radius 1 is 1.10 bits per heavy atom. The molecule has 0 aromatic carbocycles. The zero-order valence-electron chi connectivity index (χ0n) is 5.69. The third-order valence-electron chi connectivity index (χ3n) is 1.66. The van der Waals surface area contributed by atoms with Crippen LogP contribution in [0.2, 0.25) is 0 Å². The molecular formula is C5H10BF3N-. The zero-order valence-corrected chi connectivity index (χ0v) is 5.69. The van der Waals surface area contributed by atoms with Crippen LogP contribution in [0, 0.1) is 0 Å². The van der Waals surface area contributed by atoms with Gasteiger partial charge in [-0.3, -0.25) is 0 Å². The van der Waals surface area contributed by atoms with Crippen molar-refractivity contribution >= 4 is 6.98 Å². The summed E-state index contributed by atoms with van der Waals surface area (Å²) in [6.07, 6.45) is 1.18. The van der Waals surface area contributed by atoms with Crippen LogP contribution in [0.25, 0.3) is 0 Å². The lowest BCUT2D eigenvalue weighted by molar-refractivity contribution is 0.331. The highest BCUT2D eigenvalue weighted by molar-refractivity contribution is 6.58. The summed E-state index contributed by atoms with van der Waals surface area (Å²) in [6.45, 7) is -3.34. The number of nitrogens with zero attached hydrogens (tertiary/aromatic N) is 1. The molecule has 0 saturated carbocycles. The highest BCUT2D eigenvalue weighted by Crippen LogP contribution is 2.14. The standard InChI is InChI=1S/C5H10BF3N/c7-6(8,9)5-10-3-1-2-4-10/h1-5H2/q-1. The summed E-state index contributed by atoms with van der Waals surface area (Å²) >= 11 is 0. The maximum absolute atomic E-state index is 11.7. The monoisotopic (exact) mass is 152 g/mol. The lowest BCUT2D eigenvalue weighted by Gasteiger charge is -2.22. The van der Waals surface area contributed by atoms with Crippen molar-refractivity contribution in [1.82, 2.24) is 4.90 Å². The van der Waals surface area contributed by atoms with E-state index >= 15 is 0 Å². The van der Waals surface area contributed by atoms with Gasteiger partial charge < -0.3 is 17.8 Å². The van der Waals surface area contributed by atoms with Gasteiger partial charge in [-0.15, -0.1) is 0 Å². The molecule has 0 radical (unpaired) electrons. The van der Waals surface area contributed by atoms with Gasteiger partial charge in [0.1, 0.15) is 0 Å². The average Bonchev–Trinajstić information content (AvgIpc) is 2.12. The van der Waals surface area contributed by atoms with Crippen molar-refractivity contribution < 1.29 is 12.9 Å². The van der Waals surface area contributed by atoms with E-state index in [-0.39, 0.29) is 0 Å². The van der Waals surface area contributed by atoms with E-state index in [0.29, 0.717) is 13.1 Å². The van der Waals surface area contributed by atoms with Gasteiger partial charge >= 0.3 is 6.98 Å². The summed E-state index contributed by atoms with van der Waals surface area (Å²) in [5.41, 5.74) is 0. The molecular weight excluding hydrogens is 142 g/mol. The Morgan fingerprint density at radius 2 is 1.60 bits per heavy atom. The van der Waals surface area contributed by atoms with Crippen molar-refractivity contribution in [3.05, 3.63) is 0 Å². The molecule has 1 aliphatic rings. The van der Waals surface area contributed by atoms with Crippen LogP contribution in [-0.4, -0.2) is 31.4 Å². The van der Waals surface area contributed by atoms with Crippen molar-refractivity contribution in [2.24, 2.45) is 0 Å². The van der Waals surface area contributed by atoms with Crippen LogP contribution in [-0.2, 0) is 0 Å². The highest BCUT2D eigenvalue weighted by Gasteiger charge is 2.27. The Labute approximate surface area is 58.3 Å². The van der Waals surface area contributed by atoms with Crippen LogP contribution in [0.5, 0.6) is 0 Å². The van der Waals surface area contributed by atoms with Crippen LogP contribution < -0.4 is 0 Å². The molecule has 5 heteroatoms. The average molecular weight is 152 g/mol. The van der Waals surface area contributed by atoms with Gasteiger partial charge in [0.25, 0.3) is 0 Å². The minimum Gasteiger partial charge on any atom is -0.448 e. The molecule has 1 nitrogen and oxygen atoms in total. The molecule has 1 rings (SSSR count). The van der Waals surface area contributed by atoms with E-state index in [0.717, 1.165) is 12.8 Å². The minimum atomic E-state index is -4.59. The van der Waals surface area contributed by atoms with Crippen LogP contribution in [0.1, 0.15) is 12.8 Å². The van der Waals surface area contributed by atoms with Crippen LogP contribution in [0.4, 0.5) is 12.9 Å². The Bertz CT molecular complexity index is 108. The van der Waals surface area contributed by atoms with E-state index < -0.39 is 13.4 Å². The van der Waals surface area contributed by atoms with E-state index in [9.17, 15) is 12.9 Å². The molecule has 0 aromatic heterocycles. The number of hydrogen-bond donors (Lipinski definition) is 0. The fourth-order valence-corrected chi connectivity index (χ4v) is 1.26. The van der Waals surface area contributed by atoms with Gasteiger partial charge in [0.15, 0.2) is 0 Å². The molecule has 0 atom stereocenters. The lowest BCUT2D eigenvalue weighted by atomic mass is 9.91. The smallest absolute Gasteiger partial charge is 0.448 e. The third kappa shape index (κ3) is 2.60. The van der Waals surface area contributed by atoms with Gasteiger partial charge in [0.05, 0.1) is 0 Å². The fraction of sp³-hybridized carbons (Fsp3) is 1.00. The van der Waals surface area contributed by atoms with E-state index in [1.54, 1.807) is 0 Å². The van der Waals surface area contributed by atoms with Gasteiger partial charge in [-0.05, 0) is 32.4 Å². The van der Waals surface area contributed by atoms with Gasteiger partial charge in [0.2, 0.25) is 0 Å². The molecule has 0 spiro atoms. The third-order valence-corrected chi connectivity index (χ3v) is 1.66. The Hall–Kier alpha value is -0.185. The number of rotatable bonds is 2. The molecule has 0 N–H and O–H groups in total. The predicted octanol–water partition coefficient (Wildman–Crippen LogP) is 1.47. The largest absolute Gasteiger partial charge is 0.492 e. The van der Waals surface area contributed by atoms with Crippen molar-refractivity contribution in [2.75, 3.05) is 19.5 Å². The molecule has 0 unspecified atom stereocenters. The lowest BCUT2D eigenvalue weighted by Crippen LogP contribution is -2.35. The van der Waals surface area contributed by atoms with Crippen LogP contribution in [0.15, 0.2) is 0 Å². The van der Waals surface area contributed by atoms with Crippen molar-refractivity contribution in [3.63, 3.8) is 0 Å². The summed E-state index contributed by atoms with van der Waals surface area (Å²) in [7, 11) is 0. The van der Waals surface area contributed by atoms with Crippen molar-refractivity contribution in [1.29, 1.82) is 0 Å². The molecule has 1 heterocycles. The Morgan fingerprint density at radius 3 is 2.00 bits per heavy atom. The van der Waals surface area contributed by atoms with Gasteiger partial charge in [-0.2, -0.15) is 0 Å². The normalized spacial score (nSPS) is 21.9.